The predicted molar refractivity (Wildman–Crippen MR) is 62.3 cm³/mol. The molecule has 0 atom stereocenters. The van der Waals surface area contributed by atoms with Gasteiger partial charge in [0.15, 0.2) is 17.5 Å². The highest BCUT2D eigenvalue weighted by molar-refractivity contribution is 5.35. The van der Waals surface area contributed by atoms with Crippen molar-refractivity contribution >= 4 is 0 Å². The zero-order valence-corrected chi connectivity index (χ0v) is 9.95. The molecule has 0 bridgehead atoms. The van der Waals surface area contributed by atoms with E-state index in [1.165, 1.54) is 13.0 Å². The summed E-state index contributed by atoms with van der Waals surface area (Å²) in [4.78, 5) is 11.5. The first-order valence-electron chi connectivity index (χ1n) is 5.39. The summed E-state index contributed by atoms with van der Waals surface area (Å²) in [6.07, 6.45) is 0. The fourth-order valence-electron chi connectivity index (χ4n) is 1.65. The van der Waals surface area contributed by atoms with Gasteiger partial charge in [0.2, 0.25) is 5.43 Å². The number of aryl methyl sites for hydroxylation is 1. The topological polar surface area (TPSA) is 60.9 Å². The van der Waals surface area contributed by atoms with Crippen LogP contribution in [0, 0.1) is 24.4 Å². The molecule has 0 saturated carbocycles. The SMILES string of the molecule is Cc1cc(=O)c(CN)nn1-c1ccc(F)c(F)c1F. The Morgan fingerprint density at radius 2 is 1.95 bits per heavy atom. The molecule has 100 valence electrons. The molecule has 0 unspecified atom stereocenters. The highest BCUT2D eigenvalue weighted by atomic mass is 19.2. The Labute approximate surface area is 106 Å². The second-order valence-corrected chi connectivity index (χ2v) is 3.91. The minimum Gasteiger partial charge on any atom is -0.325 e. The van der Waals surface area contributed by atoms with Crippen molar-refractivity contribution in [1.82, 2.24) is 9.78 Å². The zero-order valence-electron chi connectivity index (χ0n) is 9.95. The van der Waals surface area contributed by atoms with Crippen LogP contribution in [-0.2, 0) is 6.54 Å². The molecular formula is C12H10F3N3O. The zero-order chi connectivity index (χ0) is 14.2. The van der Waals surface area contributed by atoms with E-state index in [0.717, 1.165) is 16.8 Å². The molecule has 0 aliphatic carbocycles. The fourth-order valence-corrected chi connectivity index (χ4v) is 1.65. The van der Waals surface area contributed by atoms with E-state index in [2.05, 4.69) is 5.10 Å². The molecule has 4 nitrogen and oxygen atoms in total. The van der Waals surface area contributed by atoms with Gasteiger partial charge in [-0.2, -0.15) is 5.10 Å². The molecule has 2 rings (SSSR count). The van der Waals surface area contributed by atoms with Gasteiger partial charge in [0.25, 0.3) is 0 Å². The molecule has 0 radical (unpaired) electrons. The molecule has 1 aromatic carbocycles. The second-order valence-electron chi connectivity index (χ2n) is 3.91. The lowest BCUT2D eigenvalue weighted by Crippen LogP contribution is -2.22. The Bertz CT molecular complexity index is 697. The molecule has 0 fully saturated rings. The van der Waals surface area contributed by atoms with Crippen LogP contribution in [0.3, 0.4) is 0 Å². The lowest BCUT2D eigenvalue weighted by Gasteiger charge is -2.12. The number of rotatable bonds is 2. The molecule has 1 heterocycles. The lowest BCUT2D eigenvalue weighted by molar-refractivity contribution is 0.442. The molecule has 19 heavy (non-hydrogen) atoms. The average Bonchev–Trinajstić information content (AvgIpc) is 2.37. The van der Waals surface area contributed by atoms with E-state index in [1.54, 1.807) is 0 Å². The minimum absolute atomic E-state index is 0.00901. The third-order valence-corrected chi connectivity index (χ3v) is 2.62. The highest BCUT2D eigenvalue weighted by Gasteiger charge is 2.16. The van der Waals surface area contributed by atoms with Crippen molar-refractivity contribution in [1.29, 1.82) is 0 Å². The van der Waals surface area contributed by atoms with E-state index in [0.29, 0.717) is 0 Å². The molecule has 1 aromatic heterocycles. The average molecular weight is 269 g/mol. The van der Waals surface area contributed by atoms with Crippen LogP contribution in [0.4, 0.5) is 13.2 Å². The fraction of sp³-hybridized carbons (Fsp3) is 0.167. The normalized spacial score (nSPS) is 10.8. The Morgan fingerprint density at radius 3 is 2.58 bits per heavy atom. The molecule has 2 N–H and O–H groups in total. The monoisotopic (exact) mass is 269 g/mol. The van der Waals surface area contributed by atoms with Gasteiger partial charge in [-0.3, -0.25) is 4.79 Å². The quantitative estimate of drug-likeness (QED) is 0.839. The van der Waals surface area contributed by atoms with Gasteiger partial charge in [-0.15, -0.1) is 0 Å². The third-order valence-electron chi connectivity index (χ3n) is 2.62. The number of halogens is 3. The van der Waals surface area contributed by atoms with Crippen LogP contribution in [-0.4, -0.2) is 9.78 Å². The summed E-state index contributed by atoms with van der Waals surface area (Å²) < 4.78 is 40.8. The van der Waals surface area contributed by atoms with Crippen LogP contribution in [0.1, 0.15) is 11.4 Å². The van der Waals surface area contributed by atoms with Crippen LogP contribution < -0.4 is 11.2 Å². The summed E-state index contributed by atoms with van der Waals surface area (Å²) in [5, 5.41) is 3.84. The Hall–Kier alpha value is -2.15. The smallest absolute Gasteiger partial charge is 0.204 e. The van der Waals surface area contributed by atoms with Gasteiger partial charge in [0.1, 0.15) is 11.4 Å². The van der Waals surface area contributed by atoms with Crippen LogP contribution in [0.25, 0.3) is 5.69 Å². The number of hydrogen-bond acceptors (Lipinski definition) is 3. The molecule has 0 amide bonds. The standard InChI is InChI=1S/C12H10F3N3O/c1-6-4-10(19)8(5-16)17-18(6)9-3-2-7(13)11(14)12(9)15/h2-4H,5,16H2,1H3. The summed E-state index contributed by atoms with van der Waals surface area (Å²) in [7, 11) is 0. The van der Waals surface area contributed by atoms with Crippen LogP contribution in [0.2, 0.25) is 0 Å². The van der Waals surface area contributed by atoms with Crippen molar-refractivity contribution in [3.8, 4) is 5.69 Å². The van der Waals surface area contributed by atoms with Gasteiger partial charge in [-0.25, -0.2) is 17.9 Å². The molecule has 0 saturated heterocycles. The summed E-state index contributed by atoms with van der Waals surface area (Å²) in [5.41, 5.74) is 4.95. The van der Waals surface area contributed by atoms with Gasteiger partial charge in [0, 0.05) is 18.3 Å². The summed E-state index contributed by atoms with van der Waals surface area (Å²) in [5.74, 6) is -4.26. The van der Waals surface area contributed by atoms with Crippen molar-refractivity contribution < 1.29 is 13.2 Å². The van der Waals surface area contributed by atoms with Gasteiger partial charge >= 0.3 is 0 Å². The molecular weight excluding hydrogens is 259 g/mol. The molecule has 7 heteroatoms. The van der Waals surface area contributed by atoms with Crippen LogP contribution in [0.15, 0.2) is 23.0 Å². The van der Waals surface area contributed by atoms with Crippen molar-refractivity contribution in [3.05, 3.63) is 57.3 Å². The summed E-state index contributed by atoms with van der Waals surface area (Å²) in [6.45, 7) is 1.36. The largest absolute Gasteiger partial charge is 0.325 e. The number of nitrogens with two attached hydrogens (primary N) is 1. The third kappa shape index (κ3) is 2.24. The predicted octanol–water partition coefficient (Wildman–Crippen LogP) is 1.42. The number of aromatic nitrogens is 2. The number of nitrogens with zero attached hydrogens (tertiary/aromatic N) is 2. The molecule has 2 aromatic rings. The maximum absolute atomic E-state index is 13.7. The van der Waals surface area contributed by atoms with Crippen molar-refractivity contribution in [2.45, 2.75) is 13.5 Å². The Kier molecular flexibility index (Phi) is 3.39. The van der Waals surface area contributed by atoms with Gasteiger partial charge in [-0.1, -0.05) is 0 Å². The maximum Gasteiger partial charge on any atom is 0.204 e. The van der Waals surface area contributed by atoms with Gasteiger partial charge < -0.3 is 5.73 Å². The van der Waals surface area contributed by atoms with Crippen LogP contribution >= 0.6 is 0 Å². The minimum atomic E-state index is -1.59. The van der Waals surface area contributed by atoms with Crippen LogP contribution in [0.5, 0.6) is 0 Å². The van der Waals surface area contributed by atoms with E-state index in [9.17, 15) is 18.0 Å². The maximum atomic E-state index is 13.7. The van der Waals surface area contributed by atoms with E-state index in [4.69, 9.17) is 5.73 Å². The second kappa shape index (κ2) is 4.85. The van der Waals surface area contributed by atoms with Crippen molar-refractivity contribution in [2.24, 2.45) is 5.73 Å². The number of benzene rings is 1. The summed E-state index contributed by atoms with van der Waals surface area (Å²) in [6, 6.07) is 3.03. The molecule has 0 aliphatic rings. The van der Waals surface area contributed by atoms with E-state index in [1.807, 2.05) is 0 Å². The van der Waals surface area contributed by atoms with Gasteiger partial charge in [0.05, 0.1) is 0 Å². The summed E-state index contributed by atoms with van der Waals surface area (Å²) >= 11 is 0. The molecule has 0 spiro atoms. The Morgan fingerprint density at radius 1 is 1.26 bits per heavy atom. The highest BCUT2D eigenvalue weighted by Crippen LogP contribution is 2.19. The number of hydrogen-bond donors (Lipinski definition) is 1. The first-order chi connectivity index (χ1) is 8.95. The lowest BCUT2D eigenvalue weighted by atomic mass is 10.2. The van der Waals surface area contributed by atoms with E-state index < -0.39 is 17.5 Å². The first-order valence-corrected chi connectivity index (χ1v) is 5.39. The van der Waals surface area contributed by atoms with E-state index >= 15 is 0 Å². The first kappa shape index (κ1) is 13.3. The van der Waals surface area contributed by atoms with Crippen molar-refractivity contribution in [3.63, 3.8) is 0 Å². The Balaban J connectivity index is 2.72. The molecule has 0 aliphatic heterocycles. The van der Waals surface area contributed by atoms with Crippen molar-refractivity contribution in [2.75, 3.05) is 0 Å². The van der Waals surface area contributed by atoms with E-state index in [-0.39, 0.29) is 29.0 Å². The van der Waals surface area contributed by atoms with Gasteiger partial charge in [-0.05, 0) is 19.1 Å².